The Bertz CT molecular complexity index is 609. The fraction of sp³-hybridized carbons (Fsp3) is 0.500. The van der Waals surface area contributed by atoms with Crippen molar-refractivity contribution in [1.82, 2.24) is 4.31 Å². The third-order valence-corrected chi connectivity index (χ3v) is 6.19. The lowest BCUT2D eigenvalue weighted by molar-refractivity contribution is 0.0314. The van der Waals surface area contributed by atoms with Crippen molar-refractivity contribution >= 4 is 31.6 Å². The van der Waals surface area contributed by atoms with E-state index >= 15 is 0 Å². The second kappa shape index (κ2) is 5.97. The molecule has 0 aromatic heterocycles. The number of nitrogen functional groups attached to an aromatic ring is 1. The Morgan fingerprint density at radius 2 is 2.25 bits per heavy atom. The van der Waals surface area contributed by atoms with Crippen molar-refractivity contribution in [2.45, 2.75) is 24.3 Å². The van der Waals surface area contributed by atoms with Crippen LogP contribution in [0.15, 0.2) is 21.5 Å². The van der Waals surface area contributed by atoms with Crippen LogP contribution in [-0.4, -0.2) is 38.5 Å². The Labute approximate surface area is 126 Å². The van der Waals surface area contributed by atoms with Crippen LogP contribution in [0.3, 0.4) is 0 Å². The molecule has 1 heterocycles. The molecule has 2 rings (SSSR count). The standard InChI is InChI=1S/C12H16BrFN2O3S/c1-2-8-7-19-4-3-16(8)20(17,18)12-6-11(15)10(14)5-9(12)13/h5-6,8H,2-4,7,15H2,1H3. The van der Waals surface area contributed by atoms with E-state index in [0.717, 1.165) is 12.1 Å². The zero-order valence-electron chi connectivity index (χ0n) is 11.0. The first-order chi connectivity index (χ1) is 9.37. The molecule has 1 aliphatic rings. The number of nitrogens with two attached hydrogens (primary N) is 1. The summed E-state index contributed by atoms with van der Waals surface area (Å²) in [7, 11) is -3.73. The Hall–Kier alpha value is -0.700. The second-order valence-corrected chi connectivity index (χ2v) is 7.27. The van der Waals surface area contributed by atoms with E-state index in [4.69, 9.17) is 10.5 Å². The molecule has 112 valence electrons. The molecule has 1 saturated heterocycles. The van der Waals surface area contributed by atoms with Gasteiger partial charge in [0, 0.05) is 17.1 Å². The first-order valence-electron chi connectivity index (χ1n) is 6.22. The lowest BCUT2D eigenvalue weighted by atomic mass is 10.2. The summed E-state index contributed by atoms with van der Waals surface area (Å²) in [6.45, 7) is 2.90. The molecule has 1 unspecified atom stereocenters. The minimum Gasteiger partial charge on any atom is -0.396 e. The normalized spacial score (nSPS) is 21.1. The van der Waals surface area contributed by atoms with Crippen LogP contribution in [0.1, 0.15) is 13.3 Å². The van der Waals surface area contributed by atoms with Crippen LogP contribution in [0.2, 0.25) is 0 Å². The van der Waals surface area contributed by atoms with Crippen molar-refractivity contribution in [3.63, 3.8) is 0 Å². The van der Waals surface area contributed by atoms with Crippen molar-refractivity contribution in [2.24, 2.45) is 0 Å². The predicted octanol–water partition coefficient (Wildman–Crippen LogP) is 1.97. The zero-order valence-corrected chi connectivity index (χ0v) is 13.4. The summed E-state index contributed by atoms with van der Waals surface area (Å²) in [5.41, 5.74) is 5.29. The van der Waals surface area contributed by atoms with E-state index in [1.54, 1.807) is 0 Å². The van der Waals surface area contributed by atoms with Gasteiger partial charge in [0.2, 0.25) is 10.0 Å². The van der Waals surface area contributed by atoms with E-state index in [1.165, 1.54) is 4.31 Å². The number of benzene rings is 1. The summed E-state index contributed by atoms with van der Waals surface area (Å²) >= 11 is 3.09. The Morgan fingerprint density at radius 1 is 1.55 bits per heavy atom. The summed E-state index contributed by atoms with van der Waals surface area (Å²) in [6.07, 6.45) is 0.646. The summed E-state index contributed by atoms with van der Waals surface area (Å²) in [5.74, 6) is -0.648. The fourth-order valence-electron chi connectivity index (χ4n) is 2.15. The van der Waals surface area contributed by atoms with Crippen molar-refractivity contribution in [3.05, 3.63) is 22.4 Å². The van der Waals surface area contributed by atoms with Crippen molar-refractivity contribution in [2.75, 3.05) is 25.5 Å². The zero-order chi connectivity index (χ0) is 14.9. The lowest BCUT2D eigenvalue weighted by Gasteiger charge is -2.34. The molecule has 1 aliphatic heterocycles. The summed E-state index contributed by atoms with van der Waals surface area (Å²) in [5, 5.41) is 0. The summed E-state index contributed by atoms with van der Waals surface area (Å²) in [6, 6.07) is 2.01. The second-order valence-electron chi connectivity index (χ2n) is 4.56. The highest BCUT2D eigenvalue weighted by Gasteiger charge is 2.34. The molecule has 1 fully saturated rings. The van der Waals surface area contributed by atoms with Crippen molar-refractivity contribution in [3.8, 4) is 0 Å². The van der Waals surface area contributed by atoms with E-state index in [-0.39, 0.29) is 27.6 Å². The lowest BCUT2D eigenvalue weighted by Crippen LogP contribution is -2.48. The molecule has 0 amide bonds. The van der Waals surface area contributed by atoms with E-state index in [1.807, 2.05) is 6.92 Å². The monoisotopic (exact) mass is 366 g/mol. The summed E-state index contributed by atoms with van der Waals surface area (Å²) < 4.78 is 45.6. The molecule has 0 spiro atoms. The van der Waals surface area contributed by atoms with Gasteiger partial charge in [0.15, 0.2) is 0 Å². The first-order valence-corrected chi connectivity index (χ1v) is 8.45. The number of sulfonamides is 1. The number of morpholine rings is 1. The molecule has 8 heteroatoms. The molecule has 20 heavy (non-hydrogen) atoms. The number of hydrogen-bond acceptors (Lipinski definition) is 4. The van der Waals surface area contributed by atoms with Gasteiger partial charge in [0.05, 0.1) is 23.8 Å². The number of hydrogen-bond donors (Lipinski definition) is 1. The minimum atomic E-state index is -3.73. The maximum Gasteiger partial charge on any atom is 0.244 e. The van der Waals surface area contributed by atoms with Gasteiger partial charge in [-0.2, -0.15) is 4.31 Å². The number of halogens is 2. The van der Waals surface area contributed by atoms with E-state index in [2.05, 4.69) is 15.9 Å². The third-order valence-electron chi connectivity index (χ3n) is 3.28. The van der Waals surface area contributed by atoms with E-state index in [0.29, 0.717) is 19.6 Å². The van der Waals surface area contributed by atoms with Gasteiger partial charge in [0.1, 0.15) is 5.82 Å². The largest absolute Gasteiger partial charge is 0.396 e. The van der Waals surface area contributed by atoms with Crippen LogP contribution >= 0.6 is 15.9 Å². The van der Waals surface area contributed by atoms with Crippen LogP contribution in [-0.2, 0) is 14.8 Å². The molecular weight excluding hydrogens is 351 g/mol. The van der Waals surface area contributed by atoms with E-state index in [9.17, 15) is 12.8 Å². The van der Waals surface area contributed by atoms with Gasteiger partial charge in [-0.1, -0.05) is 6.92 Å². The molecule has 0 saturated carbocycles. The fourth-order valence-corrected chi connectivity index (χ4v) is 4.83. The maximum atomic E-state index is 13.3. The van der Waals surface area contributed by atoms with Gasteiger partial charge in [0.25, 0.3) is 0 Å². The maximum absolute atomic E-state index is 13.3. The molecular formula is C12H16BrFN2O3S. The SMILES string of the molecule is CCC1COCCN1S(=O)(=O)c1cc(N)c(F)cc1Br. The number of anilines is 1. The highest BCUT2D eigenvalue weighted by atomic mass is 79.9. The molecule has 1 aromatic carbocycles. The quantitative estimate of drug-likeness (QED) is 0.830. The van der Waals surface area contributed by atoms with Crippen LogP contribution in [0.25, 0.3) is 0 Å². The molecule has 5 nitrogen and oxygen atoms in total. The third kappa shape index (κ3) is 2.83. The Morgan fingerprint density at radius 3 is 2.90 bits per heavy atom. The van der Waals surface area contributed by atoms with Crippen molar-refractivity contribution in [1.29, 1.82) is 0 Å². The summed E-state index contributed by atoms with van der Waals surface area (Å²) in [4.78, 5) is -0.0169. The molecule has 1 atom stereocenters. The highest BCUT2D eigenvalue weighted by molar-refractivity contribution is 9.10. The van der Waals surface area contributed by atoms with E-state index < -0.39 is 15.8 Å². The van der Waals surface area contributed by atoms with Gasteiger partial charge in [-0.05, 0) is 34.5 Å². The minimum absolute atomic E-state index is 0.0169. The average Bonchev–Trinajstić information content (AvgIpc) is 2.42. The van der Waals surface area contributed by atoms with Gasteiger partial charge in [-0.25, -0.2) is 12.8 Å². The molecule has 1 aromatic rings. The Kier molecular flexibility index (Phi) is 4.68. The van der Waals surface area contributed by atoms with Crippen LogP contribution < -0.4 is 5.73 Å². The van der Waals surface area contributed by atoms with Gasteiger partial charge < -0.3 is 10.5 Å². The molecule has 0 aliphatic carbocycles. The number of nitrogens with zero attached hydrogens (tertiary/aromatic N) is 1. The highest BCUT2D eigenvalue weighted by Crippen LogP contribution is 2.31. The van der Waals surface area contributed by atoms with Crippen LogP contribution in [0.4, 0.5) is 10.1 Å². The Balaban J connectivity index is 2.46. The first kappa shape index (κ1) is 15.7. The molecule has 0 radical (unpaired) electrons. The predicted molar refractivity (Wildman–Crippen MR) is 77.3 cm³/mol. The smallest absolute Gasteiger partial charge is 0.244 e. The van der Waals surface area contributed by atoms with Crippen LogP contribution in [0, 0.1) is 5.82 Å². The topological polar surface area (TPSA) is 72.6 Å². The number of ether oxygens (including phenoxy) is 1. The average molecular weight is 367 g/mol. The number of rotatable bonds is 3. The molecule has 2 N–H and O–H groups in total. The molecule has 0 bridgehead atoms. The van der Waals surface area contributed by atoms with Crippen molar-refractivity contribution < 1.29 is 17.5 Å². The van der Waals surface area contributed by atoms with Crippen LogP contribution in [0.5, 0.6) is 0 Å². The van der Waals surface area contributed by atoms with Gasteiger partial charge in [-0.15, -0.1) is 0 Å². The van der Waals surface area contributed by atoms with Gasteiger partial charge in [-0.3, -0.25) is 0 Å². The van der Waals surface area contributed by atoms with Gasteiger partial charge >= 0.3 is 0 Å².